The van der Waals surface area contributed by atoms with Gasteiger partial charge in [-0.05, 0) is 86.4 Å². The van der Waals surface area contributed by atoms with Crippen LogP contribution in [-0.2, 0) is 12.0 Å². The number of nitrogens with zero attached hydrogens (tertiary/aromatic N) is 5. The van der Waals surface area contributed by atoms with E-state index in [1.807, 2.05) is 12.1 Å². The number of nitrogens with one attached hydrogen (secondary N) is 1. The predicted octanol–water partition coefficient (Wildman–Crippen LogP) is 4.27. The number of anilines is 2. The van der Waals surface area contributed by atoms with Gasteiger partial charge in [-0.1, -0.05) is 19.9 Å². The number of amides is 1. The van der Waals surface area contributed by atoms with Gasteiger partial charge in [-0.2, -0.15) is 0 Å². The Labute approximate surface area is 214 Å². The van der Waals surface area contributed by atoms with Crippen molar-refractivity contribution in [1.82, 2.24) is 20.3 Å². The summed E-state index contributed by atoms with van der Waals surface area (Å²) >= 11 is 0. The van der Waals surface area contributed by atoms with Crippen molar-refractivity contribution in [3.05, 3.63) is 83.9 Å². The number of hydrogen-bond donors (Lipinski definition) is 1. The molecule has 188 valence electrons. The molecular weight excluding hydrogens is 448 g/mol. The molecule has 1 saturated heterocycles. The van der Waals surface area contributed by atoms with Crippen molar-refractivity contribution in [2.24, 2.45) is 5.92 Å². The van der Waals surface area contributed by atoms with Crippen molar-refractivity contribution in [2.75, 3.05) is 43.1 Å². The third kappa shape index (κ3) is 5.27. The van der Waals surface area contributed by atoms with Crippen molar-refractivity contribution >= 4 is 17.3 Å². The molecule has 0 aliphatic carbocycles. The molecule has 3 aromatic rings. The molecule has 0 bridgehead atoms. The highest BCUT2D eigenvalue weighted by molar-refractivity contribution is 6.05. The first-order valence-corrected chi connectivity index (χ1v) is 12.9. The number of benzene rings is 1. The number of rotatable bonds is 7. The number of piperidine rings is 1. The van der Waals surface area contributed by atoms with Crippen LogP contribution in [0.15, 0.2) is 67.3 Å². The predicted molar refractivity (Wildman–Crippen MR) is 144 cm³/mol. The number of carbonyl (C=O) groups is 1. The minimum Gasteiger partial charge on any atom is -0.370 e. The highest BCUT2D eigenvalue weighted by Gasteiger charge is 2.37. The van der Waals surface area contributed by atoms with Gasteiger partial charge >= 0.3 is 0 Å². The fourth-order valence-corrected chi connectivity index (χ4v) is 5.43. The summed E-state index contributed by atoms with van der Waals surface area (Å²) < 4.78 is 0. The van der Waals surface area contributed by atoms with Crippen molar-refractivity contribution in [3.8, 4) is 0 Å². The third-order valence-corrected chi connectivity index (χ3v) is 7.51. The number of aromatic nitrogens is 2. The summed E-state index contributed by atoms with van der Waals surface area (Å²) in [6, 6.07) is 14.0. The van der Waals surface area contributed by atoms with Gasteiger partial charge in [-0.3, -0.25) is 14.8 Å². The number of hydrazine groups is 1. The Morgan fingerprint density at radius 3 is 2.58 bits per heavy atom. The van der Waals surface area contributed by atoms with Crippen LogP contribution in [0.2, 0.25) is 0 Å². The van der Waals surface area contributed by atoms with Gasteiger partial charge in [-0.15, -0.1) is 0 Å². The molecule has 0 saturated carbocycles. The van der Waals surface area contributed by atoms with Crippen molar-refractivity contribution in [1.29, 1.82) is 0 Å². The van der Waals surface area contributed by atoms with Gasteiger partial charge in [0, 0.05) is 55.5 Å². The molecule has 0 radical (unpaired) electrons. The maximum atomic E-state index is 13.6. The Kier molecular flexibility index (Phi) is 7.03. The Hall–Kier alpha value is -3.29. The Morgan fingerprint density at radius 1 is 1.08 bits per heavy atom. The van der Waals surface area contributed by atoms with Crippen LogP contribution < -0.4 is 15.3 Å². The molecule has 1 aromatic carbocycles. The first-order valence-electron chi connectivity index (χ1n) is 12.9. The summed E-state index contributed by atoms with van der Waals surface area (Å²) in [5.74, 6) is 0.570. The fraction of sp³-hybridized carbons (Fsp3) is 0.414. The lowest BCUT2D eigenvalue weighted by Gasteiger charge is -2.33. The van der Waals surface area contributed by atoms with E-state index in [2.05, 4.69) is 64.3 Å². The Balaban J connectivity index is 1.44. The average Bonchev–Trinajstić information content (AvgIpc) is 3.15. The normalized spacial score (nSPS) is 17.7. The monoisotopic (exact) mass is 484 g/mol. The van der Waals surface area contributed by atoms with Crippen molar-refractivity contribution < 1.29 is 4.79 Å². The zero-order valence-electron chi connectivity index (χ0n) is 21.5. The van der Waals surface area contributed by atoms with Crippen molar-refractivity contribution in [3.63, 3.8) is 0 Å². The Bertz CT molecular complexity index is 1170. The van der Waals surface area contributed by atoms with E-state index in [1.165, 1.54) is 37.2 Å². The molecule has 0 unspecified atom stereocenters. The standard InChI is InChI=1S/C29H36N6O/c1-29(2)21-34(20-23-10-15-33(3)16-11-23)27-17-25(6-7-26(27)29)35(28(36)24-5-4-12-31-19-24)32-18-22-8-13-30-14-9-22/h4-9,12-14,17,19,23,32H,10-11,15-16,18,20-21H2,1-3H3. The van der Waals surface area contributed by atoms with Crippen LogP contribution >= 0.6 is 0 Å². The van der Waals surface area contributed by atoms with E-state index >= 15 is 0 Å². The van der Waals surface area contributed by atoms with E-state index in [1.54, 1.807) is 41.9 Å². The van der Waals surface area contributed by atoms with E-state index in [-0.39, 0.29) is 11.3 Å². The van der Waals surface area contributed by atoms with E-state index in [9.17, 15) is 4.79 Å². The smallest absolute Gasteiger partial charge is 0.274 e. The largest absolute Gasteiger partial charge is 0.370 e. The highest BCUT2D eigenvalue weighted by atomic mass is 16.2. The lowest BCUT2D eigenvalue weighted by Crippen LogP contribution is -2.43. The maximum absolute atomic E-state index is 13.6. The van der Waals surface area contributed by atoms with Crippen LogP contribution in [0.4, 0.5) is 11.4 Å². The molecule has 5 rings (SSSR count). The minimum atomic E-state index is -0.128. The number of hydrogen-bond acceptors (Lipinski definition) is 6. The van der Waals surface area contributed by atoms with Crippen LogP contribution in [0.5, 0.6) is 0 Å². The minimum absolute atomic E-state index is 0.0714. The van der Waals surface area contributed by atoms with E-state index in [4.69, 9.17) is 0 Å². The molecule has 36 heavy (non-hydrogen) atoms. The first kappa shape index (κ1) is 24.4. The summed E-state index contributed by atoms with van der Waals surface area (Å²) in [7, 11) is 2.21. The summed E-state index contributed by atoms with van der Waals surface area (Å²) in [5, 5.41) is 1.66. The SMILES string of the molecule is CN1CCC(CN2CC(C)(C)c3ccc(N(NCc4ccncc4)C(=O)c4cccnc4)cc32)CC1. The molecule has 2 aliphatic rings. The zero-order chi connectivity index (χ0) is 25.1. The molecule has 2 aromatic heterocycles. The van der Waals surface area contributed by atoms with Crippen LogP contribution in [-0.4, -0.2) is 54.0 Å². The lowest BCUT2D eigenvalue weighted by molar-refractivity contribution is 0.0973. The van der Waals surface area contributed by atoms with E-state index < -0.39 is 0 Å². The van der Waals surface area contributed by atoms with E-state index in [0.717, 1.165) is 24.3 Å². The summed E-state index contributed by atoms with van der Waals surface area (Å²) in [4.78, 5) is 26.9. The average molecular weight is 485 g/mol. The van der Waals surface area contributed by atoms with Gasteiger partial charge in [0.1, 0.15) is 0 Å². The second kappa shape index (κ2) is 10.4. The van der Waals surface area contributed by atoms with Gasteiger partial charge in [0.2, 0.25) is 0 Å². The molecule has 4 heterocycles. The summed E-state index contributed by atoms with van der Waals surface area (Å²) in [6.45, 7) is 9.55. The van der Waals surface area contributed by atoms with Gasteiger partial charge in [-0.25, -0.2) is 10.4 Å². The molecule has 0 atom stereocenters. The zero-order valence-corrected chi connectivity index (χ0v) is 21.5. The van der Waals surface area contributed by atoms with Gasteiger partial charge < -0.3 is 9.80 Å². The topological polar surface area (TPSA) is 64.6 Å². The van der Waals surface area contributed by atoms with Crippen LogP contribution in [0.25, 0.3) is 0 Å². The van der Waals surface area contributed by atoms with Crippen LogP contribution in [0, 0.1) is 5.92 Å². The number of likely N-dealkylation sites (tertiary alicyclic amines) is 1. The Morgan fingerprint density at radius 2 is 1.86 bits per heavy atom. The lowest BCUT2D eigenvalue weighted by atomic mass is 9.87. The number of pyridine rings is 2. The molecule has 7 nitrogen and oxygen atoms in total. The summed E-state index contributed by atoms with van der Waals surface area (Å²) in [6.07, 6.45) is 9.31. The van der Waals surface area contributed by atoms with Crippen LogP contribution in [0.3, 0.4) is 0 Å². The molecule has 7 heteroatoms. The number of carbonyl (C=O) groups excluding carboxylic acids is 1. The van der Waals surface area contributed by atoms with Gasteiger partial charge in [0.15, 0.2) is 0 Å². The van der Waals surface area contributed by atoms with Crippen molar-refractivity contribution in [2.45, 2.75) is 38.6 Å². The quantitative estimate of drug-likeness (QED) is 0.506. The highest BCUT2D eigenvalue weighted by Crippen LogP contribution is 2.43. The first-order chi connectivity index (χ1) is 17.4. The molecular formula is C29H36N6O. The van der Waals surface area contributed by atoms with Crippen LogP contribution in [0.1, 0.15) is 48.2 Å². The molecule has 0 spiro atoms. The third-order valence-electron chi connectivity index (χ3n) is 7.51. The second-order valence-corrected chi connectivity index (χ2v) is 10.8. The van der Waals surface area contributed by atoms with Gasteiger partial charge in [0.05, 0.1) is 11.3 Å². The number of fused-ring (bicyclic) bond motifs is 1. The summed E-state index contributed by atoms with van der Waals surface area (Å²) in [5.41, 5.74) is 8.47. The fourth-order valence-electron chi connectivity index (χ4n) is 5.43. The molecule has 2 aliphatic heterocycles. The molecule has 1 N–H and O–H groups in total. The molecule has 1 fully saturated rings. The van der Waals surface area contributed by atoms with Gasteiger partial charge in [0.25, 0.3) is 5.91 Å². The van der Waals surface area contributed by atoms with E-state index in [0.29, 0.717) is 18.0 Å². The molecule has 1 amide bonds. The maximum Gasteiger partial charge on any atom is 0.274 e. The second-order valence-electron chi connectivity index (χ2n) is 10.8.